The van der Waals surface area contributed by atoms with E-state index in [4.69, 9.17) is 4.74 Å². The van der Waals surface area contributed by atoms with Gasteiger partial charge in [-0.25, -0.2) is 4.79 Å². The van der Waals surface area contributed by atoms with Crippen LogP contribution in [-0.4, -0.2) is 37.1 Å². The predicted octanol–water partition coefficient (Wildman–Crippen LogP) is 2.37. The fourth-order valence-electron chi connectivity index (χ4n) is 2.12. The molecule has 3 heteroatoms. The fourth-order valence-corrected chi connectivity index (χ4v) is 2.12. The first-order chi connectivity index (χ1) is 7.69. The van der Waals surface area contributed by atoms with E-state index in [1.807, 2.05) is 13.8 Å². The summed E-state index contributed by atoms with van der Waals surface area (Å²) in [4.78, 5) is 14.0. The van der Waals surface area contributed by atoms with Gasteiger partial charge < -0.3 is 9.64 Å². The largest absolute Gasteiger partial charge is 0.463 e. The molecule has 0 aromatic heterocycles. The first kappa shape index (κ1) is 13.2. The van der Waals surface area contributed by atoms with Crippen LogP contribution in [0.5, 0.6) is 0 Å². The molecular formula is C13H23NO2. The third-order valence-electron chi connectivity index (χ3n) is 3.24. The van der Waals surface area contributed by atoms with Crippen molar-refractivity contribution in [3.8, 4) is 0 Å². The van der Waals surface area contributed by atoms with Crippen LogP contribution in [-0.2, 0) is 9.53 Å². The number of esters is 1. The van der Waals surface area contributed by atoms with Crippen molar-refractivity contribution in [3.63, 3.8) is 0 Å². The molecule has 1 aliphatic rings. The predicted molar refractivity (Wildman–Crippen MR) is 65.3 cm³/mol. The van der Waals surface area contributed by atoms with Crippen molar-refractivity contribution in [2.75, 3.05) is 26.2 Å². The lowest BCUT2D eigenvalue weighted by atomic mass is 10.0. The maximum Gasteiger partial charge on any atom is 0.333 e. The van der Waals surface area contributed by atoms with Gasteiger partial charge in [-0.15, -0.1) is 0 Å². The van der Waals surface area contributed by atoms with E-state index in [1.54, 1.807) is 0 Å². The zero-order chi connectivity index (χ0) is 12.0. The zero-order valence-corrected chi connectivity index (χ0v) is 10.7. The zero-order valence-electron chi connectivity index (χ0n) is 10.7. The molecule has 1 heterocycles. The second-order valence-electron chi connectivity index (χ2n) is 4.24. The van der Waals surface area contributed by atoms with E-state index in [0.717, 1.165) is 44.5 Å². The molecule has 92 valence electrons. The summed E-state index contributed by atoms with van der Waals surface area (Å²) in [5.74, 6) is -0.137. The monoisotopic (exact) mass is 225 g/mol. The van der Waals surface area contributed by atoms with E-state index in [9.17, 15) is 4.79 Å². The molecule has 1 saturated heterocycles. The molecule has 0 unspecified atom stereocenters. The second kappa shape index (κ2) is 6.69. The second-order valence-corrected chi connectivity index (χ2v) is 4.24. The van der Waals surface area contributed by atoms with Crippen molar-refractivity contribution in [1.82, 2.24) is 4.90 Å². The number of likely N-dealkylation sites (tertiary alicyclic amines) is 1. The SMILES string of the molecule is CCOC(=O)C(C)=C1CCCN(CC)CC1. The van der Waals surface area contributed by atoms with Crippen molar-refractivity contribution in [3.05, 3.63) is 11.1 Å². The standard InChI is InChI=1S/C13H23NO2/c1-4-14-9-6-7-12(8-10-14)11(3)13(15)16-5-2/h4-10H2,1-3H3. The van der Waals surface area contributed by atoms with Crippen LogP contribution in [0.3, 0.4) is 0 Å². The molecule has 0 saturated carbocycles. The molecule has 3 nitrogen and oxygen atoms in total. The number of ether oxygens (including phenoxy) is 1. The Kier molecular flexibility index (Phi) is 5.53. The smallest absolute Gasteiger partial charge is 0.333 e. The molecule has 0 spiro atoms. The van der Waals surface area contributed by atoms with Crippen LogP contribution < -0.4 is 0 Å². The van der Waals surface area contributed by atoms with E-state index in [2.05, 4.69) is 11.8 Å². The fraction of sp³-hybridized carbons (Fsp3) is 0.769. The molecule has 0 bridgehead atoms. The Hall–Kier alpha value is -0.830. The Morgan fingerprint density at radius 3 is 2.69 bits per heavy atom. The van der Waals surface area contributed by atoms with Crippen LogP contribution in [0, 0.1) is 0 Å². The van der Waals surface area contributed by atoms with Crippen LogP contribution in [0.2, 0.25) is 0 Å². The first-order valence-corrected chi connectivity index (χ1v) is 6.27. The molecule has 0 atom stereocenters. The van der Waals surface area contributed by atoms with E-state index >= 15 is 0 Å². The summed E-state index contributed by atoms with van der Waals surface area (Å²) < 4.78 is 5.04. The minimum Gasteiger partial charge on any atom is -0.463 e. The lowest BCUT2D eigenvalue weighted by Gasteiger charge is -2.16. The van der Waals surface area contributed by atoms with Crippen molar-refractivity contribution in [2.45, 2.75) is 40.0 Å². The van der Waals surface area contributed by atoms with E-state index in [0.29, 0.717) is 6.61 Å². The van der Waals surface area contributed by atoms with Crippen LogP contribution >= 0.6 is 0 Å². The van der Waals surface area contributed by atoms with Crippen LogP contribution in [0.4, 0.5) is 0 Å². The number of hydrogen-bond donors (Lipinski definition) is 0. The molecule has 0 aliphatic carbocycles. The molecule has 0 aromatic carbocycles. The van der Waals surface area contributed by atoms with Gasteiger partial charge in [0.2, 0.25) is 0 Å². The summed E-state index contributed by atoms with van der Waals surface area (Å²) in [6, 6.07) is 0. The van der Waals surface area contributed by atoms with Gasteiger partial charge in [-0.3, -0.25) is 0 Å². The number of rotatable bonds is 3. The average Bonchev–Trinajstić information content (AvgIpc) is 2.53. The summed E-state index contributed by atoms with van der Waals surface area (Å²) in [6.07, 6.45) is 3.21. The Labute approximate surface area is 98.5 Å². The van der Waals surface area contributed by atoms with Gasteiger partial charge in [-0.1, -0.05) is 12.5 Å². The van der Waals surface area contributed by atoms with Gasteiger partial charge in [0, 0.05) is 12.1 Å². The van der Waals surface area contributed by atoms with E-state index in [1.165, 1.54) is 5.57 Å². The highest BCUT2D eigenvalue weighted by atomic mass is 16.5. The molecule has 1 aliphatic heterocycles. The highest BCUT2D eigenvalue weighted by Crippen LogP contribution is 2.20. The minimum atomic E-state index is -0.137. The Balaban J connectivity index is 2.64. The highest BCUT2D eigenvalue weighted by Gasteiger charge is 2.16. The first-order valence-electron chi connectivity index (χ1n) is 6.27. The van der Waals surface area contributed by atoms with Gasteiger partial charge in [0.15, 0.2) is 0 Å². The number of hydrogen-bond acceptors (Lipinski definition) is 3. The molecule has 1 fully saturated rings. The van der Waals surface area contributed by atoms with Crippen molar-refractivity contribution < 1.29 is 9.53 Å². The summed E-state index contributed by atoms with van der Waals surface area (Å²) >= 11 is 0. The molecule has 0 aromatic rings. The topological polar surface area (TPSA) is 29.5 Å². The van der Waals surface area contributed by atoms with Gasteiger partial charge in [0.25, 0.3) is 0 Å². The molecular weight excluding hydrogens is 202 g/mol. The average molecular weight is 225 g/mol. The lowest BCUT2D eigenvalue weighted by Crippen LogP contribution is -2.23. The Morgan fingerprint density at radius 2 is 2.06 bits per heavy atom. The maximum atomic E-state index is 11.6. The van der Waals surface area contributed by atoms with Gasteiger partial charge in [0.05, 0.1) is 6.61 Å². The third-order valence-corrected chi connectivity index (χ3v) is 3.24. The Morgan fingerprint density at radius 1 is 1.31 bits per heavy atom. The van der Waals surface area contributed by atoms with Gasteiger partial charge in [-0.2, -0.15) is 0 Å². The molecule has 0 amide bonds. The van der Waals surface area contributed by atoms with E-state index in [-0.39, 0.29) is 5.97 Å². The van der Waals surface area contributed by atoms with Crippen molar-refractivity contribution in [1.29, 1.82) is 0 Å². The summed E-state index contributed by atoms with van der Waals surface area (Å²) in [7, 11) is 0. The van der Waals surface area contributed by atoms with Crippen molar-refractivity contribution >= 4 is 5.97 Å². The molecule has 16 heavy (non-hydrogen) atoms. The number of carbonyl (C=O) groups is 1. The maximum absolute atomic E-state index is 11.6. The quantitative estimate of drug-likeness (QED) is 0.545. The summed E-state index contributed by atoms with van der Waals surface area (Å²) in [5.41, 5.74) is 2.12. The van der Waals surface area contributed by atoms with Gasteiger partial charge in [-0.05, 0) is 46.2 Å². The van der Waals surface area contributed by atoms with Crippen LogP contribution in [0.15, 0.2) is 11.1 Å². The minimum absolute atomic E-state index is 0.137. The van der Waals surface area contributed by atoms with Crippen molar-refractivity contribution in [2.24, 2.45) is 0 Å². The highest BCUT2D eigenvalue weighted by molar-refractivity contribution is 5.88. The van der Waals surface area contributed by atoms with Crippen LogP contribution in [0.25, 0.3) is 0 Å². The number of carbonyl (C=O) groups excluding carboxylic acids is 1. The normalized spacial score (nSPS) is 21.4. The van der Waals surface area contributed by atoms with Gasteiger partial charge >= 0.3 is 5.97 Å². The van der Waals surface area contributed by atoms with Crippen LogP contribution in [0.1, 0.15) is 40.0 Å². The molecule has 1 rings (SSSR count). The third kappa shape index (κ3) is 3.63. The molecule has 0 N–H and O–H groups in total. The van der Waals surface area contributed by atoms with Gasteiger partial charge in [0.1, 0.15) is 0 Å². The summed E-state index contributed by atoms with van der Waals surface area (Å²) in [6.45, 7) is 9.72. The molecule has 0 radical (unpaired) electrons. The Bertz CT molecular complexity index is 271. The summed E-state index contributed by atoms with van der Waals surface area (Å²) in [5, 5.41) is 0. The number of nitrogens with zero attached hydrogens (tertiary/aromatic N) is 1. The van der Waals surface area contributed by atoms with E-state index < -0.39 is 0 Å². The lowest BCUT2D eigenvalue weighted by molar-refractivity contribution is -0.138.